The van der Waals surface area contributed by atoms with Crippen LogP contribution in [0.15, 0.2) is 50.9 Å². The molecule has 1 saturated heterocycles. The number of carbonyl (C=O) groups excluding carboxylic acids is 1. The molecule has 0 unspecified atom stereocenters. The third-order valence-electron chi connectivity index (χ3n) is 4.81. The lowest BCUT2D eigenvalue weighted by molar-refractivity contribution is -0.124. The average molecular weight is 531 g/mol. The number of carbonyl (C=O) groups is 1. The molecule has 3 rings (SSSR count). The van der Waals surface area contributed by atoms with Crippen molar-refractivity contribution in [2.45, 2.75) is 23.8 Å². The first kappa shape index (κ1) is 23.5. The normalized spacial score (nSPS) is 17.1. The molecule has 2 aromatic carbocycles. The van der Waals surface area contributed by atoms with Crippen LogP contribution in [0.4, 0.5) is 0 Å². The van der Waals surface area contributed by atoms with Gasteiger partial charge in [0.05, 0.1) is 29.8 Å². The highest BCUT2D eigenvalue weighted by Gasteiger charge is 2.39. The predicted octanol–water partition coefficient (Wildman–Crippen LogP) is 3.42. The largest absolute Gasteiger partial charge is 0.496 e. The Balaban J connectivity index is 1.74. The summed E-state index contributed by atoms with van der Waals surface area (Å²) >= 11 is 9.24. The lowest BCUT2D eigenvalue weighted by Gasteiger charge is -2.22. The van der Waals surface area contributed by atoms with Gasteiger partial charge in [-0.05, 0) is 59.1 Å². The highest BCUT2D eigenvalue weighted by Crippen LogP contribution is 2.32. The van der Waals surface area contributed by atoms with Crippen molar-refractivity contribution in [1.82, 2.24) is 9.73 Å². The minimum Gasteiger partial charge on any atom is -0.496 e. The highest BCUT2D eigenvalue weighted by atomic mass is 79.9. The van der Waals surface area contributed by atoms with E-state index in [1.165, 1.54) is 41.9 Å². The maximum atomic E-state index is 13.0. The van der Waals surface area contributed by atoms with Crippen LogP contribution >= 0.6 is 27.5 Å². The van der Waals surface area contributed by atoms with E-state index in [0.717, 1.165) is 0 Å². The highest BCUT2D eigenvalue weighted by molar-refractivity contribution is 9.10. The van der Waals surface area contributed by atoms with Gasteiger partial charge < -0.3 is 9.47 Å². The predicted molar refractivity (Wildman–Crippen MR) is 121 cm³/mol. The maximum Gasteiger partial charge on any atom is 0.258 e. The molecule has 1 aliphatic rings. The van der Waals surface area contributed by atoms with Crippen molar-refractivity contribution in [2.75, 3.05) is 20.8 Å². The van der Waals surface area contributed by atoms with Gasteiger partial charge in [0.2, 0.25) is 10.0 Å². The van der Waals surface area contributed by atoms with Crippen molar-refractivity contribution >= 4 is 49.7 Å². The van der Waals surface area contributed by atoms with Crippen LogP contribution in [0.3, 0.4) is 0 Å². The topological polar surface area (TPSA) is 97.3 Å². The molecule has 0 saturated carbocycles. The van der Waals surface area contributed by atoms with Gasteiger partial charge in [0, 0.05) is 23.2 Å². The van der Waals surface area contributed by atoms with Crippen LogP contribution in [0.1, 0.15) is 18.4 Å². The summed E-state index contributed by atoms with van der Waals surface area (Å²) < 4.78 is 38.4. The second-order valence-electron chi connectivity index (χ2n) is 6.69. The van der Waals surface area contributed by atoms with E-state index in [2.05, 4.69) is 26.5 Å². The molecule has 1 N–H and O–H groups in total. The van der Waals surface area contributed by atoms with E-state index in [4.69, 9.17) is 21.1 Å². The third kappa shape index (κ3) is 5.20. The van der Waals surface area contributed by atoms with E-state index in [1.807, 2.05) is 0 Å². The summed E-state index contributed by atoms with van der Waals surface area (Å²) in [6, 6.07) is 8.44. The van der Waals surface area contributed by atoms with Gasteiger partial charge in [0.25, 0.3) is 5.91 Å². The minimum atomic E-state index is -3.83. The molecule has 1 amide bonds. The number of rotatable bonds is 7. The monoisotopic (exact) mass is 529 g/mol. The van der Waals surface area contributed by atoms with Crippen molar-refractivity contribution in [2.24, 2.45) is 5.10 Å². The molecule has 1 heterocycles. The molecule has 0 radical (unpaired) electrons. The number of nitrogens with zero attached hydrogens (tertiary/aromatic N) is 2. The van der Waals surface area contributed by atoms with E-state index in [1.54, 1.807) is 19.2 Å². The first-order valence-corrected chi connectivity index (χ1v) is 11.9. The quantitative estimate of drug-likeness (QED) is 0.437. The molecule has 1 atom stereocenters. The summed E-state index contributed by atoms with van der Waals surface area (Å²) in [7, 11) is -0.778. The number of amides is 1. The van der Waals surface area contributed by atoms with Crippen LogP contribution in [0.25, 0.3) is 0 Å². The molecule has 2 aromatic rings. The molecule has 166 valence electrons. The van der Waals surface area contributed by atoms with Crippen LogP contribution < -0.4 is 14.9 Å². The van der Waals surface area contributed by atoms with Crippen molar-refractivity contribution in [1.29, 1.82) is 0 Å². The summed E-state index contributed by atoms with van der Waals surface area (Å²) in [6.07, 6.45) is 2.41. The van der Waals surface area contributed by atoms with Crippen LogP contribution in [0, 0.1) is 0 Å². The zero-order valence-electron chi connectivity index (χ0n) is 16.8. The van der Waals surface area contributed by atoms with Gasteiger partial charge >= 0.3 is 0 Å². The second kappa shape index (κ2) is 9.99. The van der Waals surface area contributed by atoms with Crippen molar-refractivity contribution in [3.05, 3.63) is 51.5 Å². The standard InChI is InChI=1S/C20H21BrClN3O5S/c1-29-18-11-19(30-2)16(21)10-13(18)12-23-24-20(26)17-4-3-9-25(17)31(27,28)15-7-5-14(22)6-8-15/h5-8,10-12,17H,3-4,9H2,1-2H3,(H,24,26)/b23-12-/t17-/m0/s1. The van der Waals surface area contributed by atoms with Crippen LogP contribution in [0.2, 0.25) is 5.02 Å². The molecule has 0 spiro atoms. The summed E-state index contributed by atoms with van der Waals surface area (Å²) in [4.78, 5) is 12.8. The Kier molecular flexibility index (Phi) is 7.58. The lowest BCUT2D eigenvalue weighted by Crippen LogP contribution is -2.44. The number of nitrogens with one attached hydrogen (secondary N) is 1. The van der Waals surface area contributed by atoms with Crippen molar-refractivity contribution in [3.63, 3.8) is 0 Å². The third-order valence-corrected chi connectivity index (χ3v) is 7.60. The second-order valence-corrected chi connectivity index (χ2v) is 9.87. The number of hydrogen-bond donors (Lipinski definition) is 1. The van der Waals surface area contributed by atoms with Gasteiger partial charge in [-0.2, -0.15) is 9.41 Å². The Morgan fingerprint density at radius 1 is 1.23 bits per heavy atom. The zero-order chi connectivity index (χ0) is 22.6. The number of benzene rings is 2. The number of sulfonamides is 1. The fourth-order valence-electron chi connectivity index (χ4n) is 3.26. The molecule has 8 nitrogen and oxygen atoms in total. The van der Waals surface area contributed by atoms with Gasteiger partial charge in [-0.15, -0.1) is 0 Å². The maximum absolute atomic E-state index is 13.0. The number of halogens is 2. The van der Waals surface area contributed by atoms with E-state index in [-0.39, 0.29) is 11.4 Å². The van der Waals surface area contributed by atoms with Crippen LogP contribution in [-0.2, 0) is 14.8 Å². The Hall–Kier alpha value is -2.14. The van der Waals surface area contributed by atoms with Crippen LogP contribution in [-0.4, -0.2) is 51.7 Å². The van der Waals surface area contributed by atoms with E-state index < -0.39 is 22.0 Å². The molecule has 0 aromatic heterocycles. The van der Waals surface area contributed by atoms with Gasteiger partial charge in [-0.3, -0.25) is 4.79 Å². The first-order valence-electron chi connectivity index (χ1n) is 9.29. The summed E-state index contributed by atoms with van der Waals surface area (Å²) in [5, 5.41) is 4.42. The molecule has 11 heteroatoms. The summed E-state index contributed by atoms with van der Waals surface area (Å²) in [5.74, 6) is 0.593. The van der Waals surface area contributed by atoms with Gasteiger partial charge in [-0.25, -0.2) is 13.8 Å². The van der Waals surface area contributed by atoms with Crippen molar-refractivity contribution < 1.29 is 22.7 Å². The Labute approximate surface area is 194 Å². The van der Waals surface area contributed by atoms with E-state index >= 15 is 0 Å². The van der Waals surface area contributed by atoms with Crippen molar-refractivity contribution in [3.8, 4) is 11.5 Å². The number of ether oxygens (including phenoxy) is 2. The Morgan fingerprint density at radius 3 is 2.55 bits per heavy atom. The lowest BCUT2D eigenvalue weighted by atomic mass is 10.2. The molecule has 0 bridgehead atoms. The van der Waals surface area contributed by atoms with Gasteiger partial charge in [-0.1, -0.05) is 11.6 Å². The molecular formula is C20H21BrClN3O5S. The van der Waals surface area contributed by atoms with E-state index in [9.17, 15) is 13.2 Å². The fourth-order valence-corrected chi connectivity index (χ4v) is 5.56. The first-order chi connectivity index (χ1) is 14.8. The van der Waals surface area contributed by atoms with E-state index in [0.29, 0.717) is 39.4 Å². The molecule has 1 aliphatic heterocycles. The number of hydrazone groups is 1. The zero-order valence-corrected chi connectivity index (χ0v) is 20.0. The van der Waals surface area contributed by atoms with Gasteiger partial charge in [0.15, 0.2) is 0 Å². The molecular weight excluding hydrogens is 510 g/mol. The molecule has 31 heavy (non-hydrogen) atoms. The smallest absolute Gasteiger partial charge is 0.258 e. The molecule has 1 fully saturated rings. The van der Waals surface area contributed by atoms with Crippen LogP contribution in [0.5, 0.6) is 11.5 Å². The number of hydrogen-bond acceptors (Lipinski definition) is 6. The SMILES string of the molecule is COc1cc(OC)c(/C=N\NC(=O)[C@@H]2CCCN2S(=O)(=O)c2ccc(Cl)cc2)cc1Br. The van der Waals surface area contributed by atoms with Gasteiger partial charge in [0.1, 0.15) is 17.5 Å². The fraction of sp³-hybridized carbons (Fsp3) is 0.300. The summed E-state index contributed by atoms with van der Waals surface area (Å²) in [5.41, 5.74) is 3.04. The summed E-state index contributed by atoms with van der Waals surface area (Å²) in [6.45, 7) is 0.256. The number of methoxy groups -OCH3 is 2. The Morgan fingerprint density at radius 2 is 1.90 bits per heavy atom. The molecule has 0 aliphatic carbocycles. The minimum absolute atomic E-state index is 0.0907. The Bertz CT molecular complexity index is 1090. The average Bonchev–Trinajstić information content (AvgIpc) is 3.25.